The molecule has 3 aromatic carbocycles. The molecular weight excluding hydrogens is 660 g/mol. The molecule has 2 aromatic heterocycles. The number of halogens is 3. The van der Waals surface area contributed by atoms with Crippen molar-refractivity contribution in [1.29, 1.82) is 5.26 Å². The molecule has 0 spiro atoms. The molecule has 1 saturated heterocycles. The topological polar surface area (TPSA) is 97.9 Å². The Hall–Kier alpha value is -4.27. The maximum Gasteiger partial charge on any atom is 0.141 e. The van der Waals surface area contributed by atoms with Crippen LogP contribution in [-0.2, 0) is 6.54 Å². The Kier molecular flexibility index (Phi) is 10.1. The highest BCUT2D eigenvalue weighted by Crippen LogP contribution is 2.37. The molecule has 9 nitrogen and oxygen atoms in total. The third-order valence-electron chi connectivity index (χ3n) is 8.97. The van der Waals surface area contributed by atoms with E-state index < -0.39 is 5.82 Å². The molecule has 3 heterocycles. The number of hydrogen-bond acceptors (Lipinski definition) is 8. The first-order valence-corrected chi connectivity index (χ1v) is 17.1. The molecule has 5 aromatic rings. The summed E-state index contributed by atoms with van der Waals surface area (Å²) in [5.74, 6) is -0.532. The van der Waals surface area contributed by atoms with Gasteiger partial charge in [0.1, 0.15) is 17.6 Å². The van der Waals surface area contributed by atoms with E-state index in [1.807, 2.05) is 37.1 Å². The lowest BCUT2D eigenvalue weighted by Gasteiger charge is -2.40. The summed E-state index contributed by atoms with van der Waals surface area (Å²) in [6, 6.07) is 18.6. The Morgan fingerprint density at radius 1 is 1.02 bits per heavy atom. The van der Waals surface area contributed by atoms with Crippen LogP contribution in [0.25, 0.3) is 10.9 Å². The monoisotopic (exact) mass is 699 g/mol. The first kappa shape index (κ1) is 34.6. The van der Waals surface area contributed by atoms with E-state index in [0.717, 1.165) is 43.7 Å². The van der Waals surface area contributed by atoms with Crippen LogP contribution in [-0.4, -0.2) is 62.5 Å². The molecule has 1 fully saturated rings. The van der Waals surface area contributed by atoms with Crippen molar-refractivity contribution in [2.45, 2.75) is 57.8 Å². The Bertz CT molecular complexity index is 1990. The summed E-state index contributed by atoms with van der Waals surface area (Å²) in [5, 5.41) is 27.2. The average molecular weight is 701 g/mol. The summed E-state index contributed by atoms with van der Waals surface area (Å²) in [4.78, 5) is 9.14. The molecule has 0 radical (unpaired) electrons. The van der Waals surface area contributed by atoms with Gasteiger partial charge < -0.3 is 15.5 Å². The number of likely N-dealkylation sites (tertiary alicyclic amines) is 1. The zero-order valence-corrected chi connectivity index (χ0v) is 29.8. The van der Waals surface area contributed by atoms with Crippen molar-refractivity contribution >= 4 is 51.2 Å². The van der Waals surface area contributed by atoms with Crippen molar-refractivity contribution in [3.8, 4) is 6.07 Å². The minimum atomic E-state index is -0.532. The minimum absolute atomic E-state index is 0.0329. The van der Waals surface area contributed by atoms with Gasteiger partial charge in [0, 0.05) is 48.1 Å². The lowest BCUT2D eigenvalue weighted by molar-refractivity contribution is 0.0866. The van der Waals surface area contributed by atoms with E-state index in [2.05, 4.69) is 86.8 Å². The fourth-order valence-corrected chi connectivity index (χ4v) is 6.81. The molecule has 49 heavy (non-hydrogen) atoms. The van der Waals surface area contributed by atoms with Crippen molar-refractivity contribution in [3.05, 3.63) is 105 Å². The van der Waals surface area contributed by atoms with E-state index in [-0.39, 0.29) is 22.6 Å². The Labute approximate surface area is 296 Å². The molecule has 6 rings (SSSR count). The standard InChI is InChI=1S/C37H40Cl2FN9/c1-37(2,3)48-14-12-28(13-15-48)49-22-33(45-46-49)35(24-8-6-23(7-9-24)21-47(4)5)44-27-16-29-34(43-26-10-11-32(40)30(38)17-26)25(19-41)20-42-36(29)31(39)18-27/h6-11,16-18,20,22,28,35,44H,12-15,21H2,1-5H3,(H,42,43). The predicted molar refractivity (Wildman–Crippen MR) is 195 cm³/mol. The van der Waals surface area contributed by atoms with Crippen LogP contribution in [0.4, 0.5) is 21.5 Å². The smallest absolute Gasteiger partial charge is 0.141 e. The van der Waals surface area contributed by atoms with Crippen LogP contribution in [0, 0.1) is 17.1 Å². The zero-order valence-electron chi connectivity index (χ0n) is 28.3. The van der Waals surface area contributed by atoms with Crippen LogP contribution in [0.1, 0.15) is 68.1 Å². The van der Waals surface area contributed by atoms with Gasteiger partial charge in [0.25, 0.3) is 0 Å². The second kappa shape index (κ2) is 14.3. The number of nitriles is 1. The largest absolute Gasteiger partial charge is 0.373 e. The molecule has 0 bridgehead atoms. The number of rotatable bonds is 9. The zero-order chi connectivity index (χ0) is 34.9. The van der Waals surface area contributed by atoms with Gasteiger partial charge in [-0.05, 0) is 89.2 Å². The highest BCUT2D eigenvalue weighted by atomic mass is 35.5. The maximum absolute atomic E-state index is 13.9. The van der Waals surface area contributed by atoms with E-state index in [1.54, 1.807) is 6.07 Å². The van der Waals surface area contributed by atoms with Crippen molar-refractivity contribution in [2.75, 3.05) is 37.8 Å². The summed E-state index contributed by atoms with van der Waals surface area (Å²) < 4.78 is 15.9. The van der Waals surface area contributed by atoms with E-state index in [1.165, 1.54) is 23.9 Å². The van der Waals surface area contributed by atoms with Gasteiger partial charge in [0.2, 0.25) is 0 Å². The van der Waals surface area contributed by atoms with Crippen LogP contribution in [0.5, 0.6) is 0 Å². The van der Waals surface area contributed by atoms with E-state index in [4.69, 9.17) is 23.2 Å². The van der Waals surface area contributed by atoms with Gasteiger partial charge in [-0.2, -0.15) is 5.26 Å². The molecule has 12 heteroatoms. The van der Waals surface area contributed by atoms with E-state index in [9.17, 15) is 9.65 Å². The second-order valence-electron chi connectivity index (χ2n) is 13.8. The normalized spacial score (nSPS) is 15.0. The number of nitrogens with one attached hydrogen (secondary N) is 2. The number of hydrogen-bond donors (Lipinski definition) is 2. The Balaban J connectivity index is 1.37. The number of piperidine rings is 1. The van der Waals surface area contributed by atoms with Gasteiger partial charge in [-0.3, -0.25) is 9.88 Å². The quantitative estimate of drug-likeness (QED) is 0.158. The molecule has 254 valence electrons. The lowest BCUT2D eigenvalue weighted by atomic mass is 9.98. The van der Waals surface area contributed by atoms with Crippen LogP contribution in [0.2, 0.25) is 10.0 Å². The third-order valence-corrected chi connectivity index (χ3v) is 9.55. The fraction of sp³-hybridized carbons (Fsp3) is 0.351. The molecule has 0 aliphatic carbocycles. The van der Waals surface area contributed by atoms with Crippen LogP contribution < -0.4 is 10.6 Å². The van der Waals surface area contributed by atoms with Gasteiger partial charge in [-0.15, -0.1) is 5.10 Å². The van der Waals surface area contributed by atoms with Crippen molar-refractivity contribution in [2.24, 2.45) is 0 Å². The maximum atomic E-state index is 13.9. The summed E-state index contributed by atoms with van der Waals surface area (Å²) in [6.07, 6.45) is 5.52. The average Bonchev–Trinajstić information content (AvgIpc) is 3.56. The first-order chi connectivity index (χ1) is 23.4. The molecule has 2 N–H and O–H groups in total. The van der Waals surface area contributed by atoms with Crippen molar-refractivity contribution < 1.29 is 4.39 Å². The Morgan fingerprint density at radius 3 is 2.39 bits per heavy atom. The third kappa shape index (κ3) is 7.81. The molecule has 0 saturated carbocycles. The van der Waals surface area contributed by atoms with Gasteiger partial charge >= 0.3 is 0 Å². The second-order valence-corrected chi connectivity index (χ2v) is 14.7. The number of benzene rings is 3. The van der Waals surface area contributed by atoms with Gasteiger partial charge in [-0.1, -0.05) is 52.7 Å². The SMILES string of the molecule is CN(C)Cc1ccc(C(Nc2cc(Cl)c3ncc(C#N)c(Nc4ccc(F)c(Cl)c4)c3c2)c2cn(C3CCN(C(C)(C)C)CC3)nn2)cc1. The van der Waals surface area contributed by atoms with E-state index in [0.29, 0.717) is 38.6 Å². The number of fused-ring (bicyclic) bond motifs is 1. The number of anilines is 3. The molecule has 1 unspecified atom stereocenters. The summed E-state index contributed by atoms with van der Waals surface area (Å²) in [5.41, 5.74) is 5.64. The molecule has 0 amide bonds. The number of pyridine rings is 1. The fourth-order valence-electron chi connectivity index (χ4n) is 6.36. The number of nitrogens with zero attached hydrogens (tertiary/aromatic N) is 7. The lowest BCUT2D eigenvalue weighted by Crippen LogP contribution is -2.46. The highest BCUT2D eigenvalue weighted by Gasteiger charge is 2.29. The van der Waals surface area contributed by atoms with Gasteiger partial charge in [0.05, 0.1) is 45.1 Å². The van der Waals surface area contributed by atoms with Gasteiger partial charge in [-0.25, -0.2) is 9.07 Å². The summed E-state index contributed by atoms with van der Waals surface area (Å²) in [7, 11) is 4.10. The molecule has 1 aliphatic rings. The van der Waals surface area contributed by atoms with Crippen LogP contribution in [0.15, 0.2) is 67.0 Å². The van der Waals surface area contributed by atoms with Gasteiger partial charge in [0.15, 0.2) is 0 Å². The number of aromatic nitrogens is 4. The molecule has 1 aliphatic heterocycles. The predicted octanol–water partition coefficient (Wildman–Crippen LogP) is 8.59. The minimum Gasteiger partial charge on any atom is -0.373 e. The first-order valence-electron chi connectivity index (χ1n) is 16.3. The molecular formula is C37H40Cl2FN9. The van der Waals surface area contributed by atoms with E-state index >= 15 is 0 Å². The van der Waals surface area contributed by atoms with Crippen LogP contribution in [0.3, 0.4) is 0 Å². The van der Waals surface area contributed by atoms with Crippen molar-refractivity contribution in [3.63, 3.8) is 0 Å². The Morgan fingerprint density at radius 2 is 1.73 bits per heavy atom. The summed E-state index contributed by atoms with van der Waals surface area (Å²) >= 11 is 12.9. The van der Waals surface area contributed by atoms with Crippen molar-refractivity contribution in [1.82, 2.24) is 29.8 Å². The molecule has 1 atom stereocenters. The van der Waals surface area contributed by atoms with Crippen LogP contribution >= 0.6 is 23.2 Å². The summed E-state index contributed by atoms with van der Waals surface area (Å²) in [6.45, 7) is 9.61. The highest BCUT2D eigenvalue weighted by molar-refractivity contribution is 6.36.